The van der Waals surface area contributed by atoms with Crippen LogP contribution in [0.5, 0.6) is 0 Å². The molecule has 0 bridgehead atoms. The van der Waals surface area contributed by atoms with Crippen LogP contribution in [0.15, 0.2) is 12.1 Å². The van der Waals surface area contributed by atoms with Gasteiger partial charge in [0.15, 0.2) is 0 Å². The Morgan fingerprint density at radius 1 is 1.18 bits per heavy atom. The summed E-state index contributed by atoms with van der Waals surface area (Å²) in [5.41, 5.74) is 11.0. The summed E-state index contributed by atoms with van der Waals surface area (Å²) in [7, 11) is 0. The normalized spacial score (nSPS) is 17.2. The van der Waals surface area contributed by atoms with Crippen molar-refractivity contribution in [1.29, 1.82) is 0 Å². The summed E-state index contributed by atoms with van der Waals surface area (Å²) in [5.74, 6) is 0.711. The van der Waals surface area contributed by atoms with Crippen molar-refractivity contribution in [3.63, 3.8) is 0 Å². The standard InChI is InChI=1S/C15H23NO/c1-10-8-12(3)14(9-11(10)2)15(13-4-5-13)17-7-6-16/h8-9,13,15H,4-7,16H2,1-3H3. The van der Waals surface area contributed by atoms with Crippen molar-refractivity contribution in [1.82, 2.24) is 0 Å². The van der Waals surface area contributed by atoms with Crippen LogP contribution in [0.2, 0.25) is 0 Å². The Hall–Kier alpha value is -0.860. The van der Waals surface area contributed by atoms with E-state index in [4.69, 9.17) is 10.5 Å². The van der Waals surface area contributed by atoms with Gasteiger partial charge in [0.25, 0.3) is 0 Å². The Morgan fingerprint density at radius 3 is 2.41 bits per heavy atom. The summed E-state index contributed by atoms with van der Waals surface area (Å²) in [6.07, 6.45) is 2.85. The van der Waals surface area contributed by atoms with Crippen LogP contribution in [0.4, 0.5) is 0 Å². The number of aryl methyl sites for hydroxylation is 3. The predicted molar refractivity (Wildman–Crippen MR) is 71.1 cm³/mol. The highest BCUT2D eigenvalue weighted by Gasteiger charge is 2.33. The minimum absolute atomic E-state index is 0.262. The van der Waals surface area contributed by atoms with Gasteiger partial charge in [0.05, 0.1) is 12.7 Å². The van der Waals surface area contributed by atoms with Crippen LogP contribution in [0.25, 0.3) is 0 Å². The van der Waals surface area contributed by atoms with Crippen LogP contribution in [0.1, 0.15) is 41.2 Å². The lowest BCUT2D eigenvalue weighted by Gasteiger charge is -2.21. The summed E-state index contributed by atoms with van der Waals surface area (Å²) in [6, 6.07) is 4.57. The van der Waals surface area contributed by atoms with E-state index in [0.29, 0.717) is 19.1 Å². The molecule has 1 aromatic carbocycles. The van der Waals surface area contributed by atoms with Crippen molar-refractivity contribution < 1.29 is 4.74 Å². The van der Waals surface area contributed by atoms with Gasteiger partial charge in [0.2, 0.25) is 0 Å². The van der Waals surface area contributed by atoms with E-state index in [1.165, 1.54) is 35.1 Å². The molecule has 0 amide bonds. The van der Waals surface area contributed by atoms with Gasteiger partial charge in [0, 0.05) is 6.54 Å². The molecule has 1 saturated carbocycles. The van der Waals surface area contributed by atoms with E-state index in [9.17, 15) is 0 Å². The highest BCUT2D eigenvalue weighted by atomic mass is 16.5. The Morgan fingerprint density at radius 2 is 1.82 bits per heavy atom. The molecule has 2 rings (SSSR count). The number of hydrogen-bond donors (Lipinski definition) is 1. The van der Waals surface area contributed by atoms with E-state index >= 15 is 0 Å². The average Bonchev–Trinajstić information content (AvgIpc) is 3.10. The van der Waals surface area contributed by atoms with Crippen LogP contribution in [-0.2, 0) is 4.74 Å². The quantitative estimate of drug-likeness (QED) is 0.848. The second-order valence-corrected chi connectivity index (χ2v) is 5.21. The van der Waals surface area contributed by atoms with Gasteiger partial charge in [-0.15, -0.1) is 0 Å². The SMILES string of the molecule is Cc1cc(C)c(C(OCCN)C2CC2)cc1C. The van der Waals surface area contributed by atoms with Crippen LogP contribution in [0, 0.1) is 26.7 Å². The fourth-order valence-electron chi connectivity index (χ4n) is 2.36. The van der Waals surface area contributed by atoms with Gasteiger partial charge in [0.1, 0.15) is 0 Å². The molecule has 1 fully saturated rings. The molecule has 0 aromatic heterocycles. The molecule has 1 aliphatic carbocycles. The van der Waals surface area contributed by atoms with E-state index in [0.717, 1.165) is 0 Å². The molecule has 0 radical (unpaired) electrons. The third-order valence-electron chi connectivity index (χ3n) is 3.65. The fraction of sp³-hybridized carbons (Fsp3) is 0.600. The van der Waals surface area contributed by atoms with Gasteiger partial charge >= 0.3 is 0 Å². The number of ether oxygens (including phenoxy) is 1. The first-order valence-electron chi connectivity index (χ1n) is 6.53. The van der Waals surface area contributed by atoms with Crippen molar-refractivity contribution in [3.05, 3.63) is 34.4 Å². The molecule has 94 valence electrons. The lowest BCUT2D eigenvalue weighted by Crippen LogP contribution is -2.15. The predicted octanol–water partition coefficient (Wildman–Crippen LogP) is 3.04. The largest absolute Gasteiger partial charge is 0.372 e. The first kappa shape index (κ1) is 12.6. The van der Waals surface area contributed by atoms with Gasteiger partial charge in [-0.3, -0.25) is 0 Å². The minimum atomic E-state index is 0.262. The molecule has 1 aromatic rings. The van der Waals surface area contributed by atoms with Crippen LogP contribution < -0.4 is 5.73 Å². The molecule has 0 saturated heterocycles. The van der Waals surface area contributed by atoms with E-state index in [-0.39, 0.29) is 6.10 Å². The maximum absolute atomic E-state index is 5.95. The van der Waals surface area contributed by atoms with Crippen LogP contribution >= 0.6 is 0 Å². The van der Waals surface area contributed by atoms with Crippen LogP contribution in [0.3, 0.4) is 0 Å². The minimum Gasteiger partial charge on any atom is -0.372 e. The smallest absolute Gasteiger partial charge is 0.0856 e. The number of hydrogen-bond acceptors (Lipinski definition) is 2. The number of rotatable bonds is 5. The van der Waals surface area contributed by atoms with Crippen molar-refractivity contribution in [2.45, 2.75) is 39.7 Å². The summed E-state index contributed by atoms with van der Waals surface area (Å²) in [6.45, 7) is 7.79. The molecule has 2 N–H and O–H groups in total. The topological polar surface area (TPSA) is 35.2 Å². The molecule has 1 unspecified atom stereocenters. The Labute approximate surface area is 104 Å². The van der Waals surface area contributed by atoms with Gasteiger partial charge < -0.3 is 10.5 Å². The molecule has 1 atom stereocenters. The van der Waals surface area contributed by atoms with Crippen molar-refractivity contribution in [3.8, 4) is 0 Å². The second-order valence-electron chi connectivity index (χ2n) is 5.21. The van der Waals surface area contributed by atoms with Gasteiger partial charge in [-0.2, -0.15) is 0 Å². The zero-order valence-electron chi connectivity index (χ0n) is 11.1. The van der Waals surface area contributed by atoms with E-state index in [1.807, 2.05) is 0 Å². The van der Waals surface area contributed by atoms with E-state index in [2.05, 4.69) is 32.9 Å². The summed E-state index contributed by atoms with van der Waals surface area (Å²) < 4.78 is 5.95. The summed E-state index contributed by atoms with van der Waals surface area (Å²) >= 11 is 0. The highest BCUT2D eigenvalue weighted by molar-refractivity contribution is 5.38. The Balaban J connectivity index is 2.25. The maximum Gasteiger partial charge on any atom is 0.0856 e. The lowest BCUT2D eigenvalue weighted by molar-refractivity contribution is 0.0420. The molecule has 0 spiro atoms. The lowest BCUT2D eigenvalue weighted by atomic mass is 9.95. The fourth-order valence-corrected chi connectivity index (χ4v) is 2.36. The van der Waals surface area contributed by atoms with Crippen LogP contribution in [-0.4, -0.2) is 13.2 Å². The van der Waals surface area contributed by atoms with Crippen molar-refractivity contribution >= 4 is 0 Å². The van der Waals surface area contributed by atoms with Gasteiger partial charge in [-0.25, -0.2) is 0 Å². The number of nitrogens with two attached hydrogens (primary N) is 1. The zero-order chi connectivity index (χ0) is 12.4. The molecule has 1 aliphatic rings. The van der Waals surface area contributed by atoms with Crippen molar-refractivity contribution in [2.75, 3.05) is 13.2 Å². The molecule has 0 heterocycles. The Kier molecular flexibility index (Phi) is 3.85. The monoisotopic (exact) mass is 233 g/mol. The molecule has 2 heteroatoms. The molecular weight excluding hydrogens is 210 g/mol. The summed E-state index contributed by atoms with van der Waals surface area (Å²) in [4.78, 5) is 0. The maximum atomic E-state index is 5.95. The van der Waals surface area contributed by atoms with E-state index < -0.39 is 0 Å². The summed E-state index contributed by atoms with van der Waals surface area (Å²) in [5, 5.41) is 0. The Bertz CT molecular complexity index is 396. The van der Waals surface area contributed by atoms with Crippen molar-refractivity contribution in [2.24, 2.45) is 11.7 Å². The van der Waals surface area contributed by atoms with E-state index in [1.54, 1.807) is 0 Å². The first-order chi connectivity index (χ1) is 8.13. The van der Waals surface area contributed by atoms with Gasteiger partial charge in [-0.1, -0.05) is 12.1 Å². The third kappa shape index (κ3) is 2.88. The zero-order valence-corrected chi connectivity index (χ0v) is 11.1. The molecule has 0 aliphatic heterocycles. The molecule has 2 nitrogen and oxygen atoms in total. The first-order valence-corrected chi connectivity index (χ1v) is 6.53. The number of benzene rings is 1. The third-order valence-corrected chi connectivity index (χ3v) is 3.65. The highest BCUT2D eigenvalue weighted by Crippen LogP contribution is 2.44. The average molecular weight is 233 g/mol. The second kappa shape index (κ2) is 5.19. The molecule has 17 heavy (non-hydrogen) atoms. The molecular formula is C15H23NO. The van der Waals surface area contributed by atoms with Gasteiger partial charge in [-0.05, 0) is 61.8 Å².